The van der Waals surface area contributed by atoms with Crippen LogP contribution in [-0.2, 0) is 15.7 Å². The third-order valence-electron chi connectivity index (χ3n) is 7.08. The van der Waals surface area contributed by atoms with Gasteiger partial charge in [-0.25, -0.2) is 0 Å². The summed E-state index contributed by atoms with van der Waals surface area (Å²) in [6.07, 6.45) is -2.65. The van der Waals surface area contributed by atoms with Gasteiger partial charge in [0, 0.05) is 39.4 Å². The normalized spacial score (nSPS) is 17.1. The molecular weight excluding hydrogens is 581 g/mol. The highest BCUT2D eigenvalue weighted by Crippen LogP contribution is 2.42. The minimum absolute atomic E-state index is 0.0711. The number of carbonyl (C=O) groups excluding carboxylic acids is 1. The lowest BCUT2D eigenvalue weighted by atomic mass is 9.98. The van der Waals surface area contributed by atoms with Gasteiger partial charge in [0.1, 0.15) is 5.75 Å². The summed E-state index contributed by atoms with van der Waals surface area (Å²) in [6, 6.07) is 7.14. The number of hydrogen-bond acceptors (Lipinski definition) is 7. The van der Waals surface area contributed by atoms with E-state index in [1.807, 2.05) is 0 Å². The van der Waals surface area contributed by atoms with Crippen molar-refractivity contribution in [3.63, 3.8) is 0 Å². The van der Waals surface area contributed by atoms with Crippen LogP contribution in [0.5, 0.6) is 5.75 Å². The van der Waals surface area contributed by atoms with Crippen molar-refractivity contribution in [3.05, 3.63) is 57.3 Å². The fourth-order valence-corrected chi connectivity index (χ4v) is 6.33. The Bertz CT molecular complexity index is 1450. The molecule has 3 N–H and O–H groups in total. The van der Waals surface area contributed by atoms with Crippen LogP contribution in [-0.4, -0.2) is 64.2 Å². The second kappa shape index (κ2) is 13.5. The number of aromatic nitrogens is 1. The van der Waals surface area contributed by atoms with Gasteiger partial charge < -0.3 is 24.8 Å². The van der Waals surface area contributed by atoms with Crippen LogP contribution in [0, 0.1) is 5.92 Å². The predicted octanol–water partition coefficient (Wildman–Crippen LogP) is 6.08. The molecule has 1 aliphatic heterocycles. The zero-order valence-corrected chi connectivity index (χ0v) is 24.0. The number of H-pyrrole nitrogens is 1. The van der Waals surface area contributed by atoms with Crippen molar-refractivity contribution in [3.8, 4) is 16.9 Å². The standard InChI is InChI=1S/C29H32ClF3N2O5S/c1-2-40-28(39)17-5-3-11-35(15-17)12-4-6-20(36)16-41-26-25(22-14-19(30)8-10-24(22)37)21-13-18(29(31,32)33)7-9-23(21)34-27(26)38/h7-10,13-14,17,20,36-37H,2-6,11-12,15-16H2,1H3,(H,34,38). The fourth-order valence-electron chi connectivity index (χ4n) is 5.09. The fraction of sp³-hybridized carbons (Fsp3) is 0.448. The molecule has 0 bridgehead atoms. The number of carbonyl (C=O) groups is 1. The molecule has 0 amide bonds. The second-order valence-corrected chi connectivity index (χ2v) is 11.5. The van der Waals surface area contributed by atoms with E-state index in [1.54, 1.807) is 6.92 Å². The van der Waals surface area contributed by atoms with E-state index in [2.05, 4.69) is 9.88 Å². The highest BCUT2D eigenvalue weighted by atomic mass is 35.5. The summed E-state index contributed by atoms with van der Waals surface area (Å²) in [5, 5.41) is 21.7. The van der Waals surface area contributed by atoms with Crippen molar-refractivity contribution in [2.75, 3.05) is 32.0 Å². The molecule has 7 nitrogen and oxygen atoms in total. The Hall–Kier alpha value is -2.73. The zero-order valence-electron chi connectivity index (χ0n) is 22.5. The number of benzene rings is 2. The van der Waals surface area contributed by atoms with Crippen LogP contribution in [0.4, 0.5) is 13.2 Å². The summed E-state index contributed by atoms with van der Waals surface area (Å²) in [7, 11) is 0. The van der Waals surface area contributed by atoms with Crippen LogP contribution in [0.25, 0.3) is 22.0 Å². The number of aromatic hydroxyl groups is 1. The second-order valence-electron chi connectivity index (χ2n) is 10.1. The number of alkyl halides is 3. The lowest BCUT2D eigenvalue weighted by molar-refractivity contribution is -0.150. The molecule has 1 aliphatic rings. The van der Waals surface area contributed by atoms with Gasteiger partial charge in [-0.3, -0.25) is 9.59 Å². The Kier molecular flexibility index (Phi) is 10.3. The molecule has 2 aromatic carbocycles. The molecule has 2 heterocycles. The number of piperidine rings is 1. The maximum absolute atomic E-state index is 13.6. The van der Waals surface area contributed by atoms with Gasteiger partial charge in [-0.2, -0.15) is 13.2 Å². The summed E-state index contributed by atoms with van der Waals surface area (Å²) in [6.45, 7) is 4.30. The first-order valence-corrected chi connectivity index (χ1v) is 14.8. The smallest absolute Gasteiger partial charge is 0.416 e. The monoisotopic (exact) mass is 612 g/mol. The van der Waals surface area contributed by atoms with Gasteiger partial charge in [-0.1, -0.05) is 11.6 Å². The van der Waals surface area contributed by atoms with E-state index < -0.39 is 23.4 Å². The van der Waals surface area contributed by atoms with Crippen LogP contribution in [0.1, 0.15) is 38.2 Å². The number of thioether (sulfide) groups is 1. The summed E-state index contributed by atoms with van der Waals surface area (Å²) < 4.78 is 45.9. The highest BCUT2D eigenvalue weighted by Gasteiger charge is 2.31. The van der Waals surface area contributed by atoms with E-state index in [0.717, 1.165) is 43.3 Å². The molecule has 2 atom stereocenters. The molecular formula is C29H32ClF3N2O5S. The number of likely N-dealkylation sites (tertiary alicyclic amines) is 1. The highest BCUT2D eigenvalue weighted by molar-refractivity contribution is 7.99. The molecule has 3 aromatic rings. The Balaban J connectivity index is 1.52. The molecule has 0 radical (unpaired) electrons. The van der Waals surface area contributed by atoms with Crippen molar-refractivity contribution in [2.24, 2.45) is 5.92 Å². The van der Waals surface area contributed by atoms with Crippen LogP contribution in [0.15, 0.2) is 46.1 Å². The largest absolute Gasteiger partial charge is 0.507 e. The van der Waals surface area contributed by atoms with Gasteiger partial charge in [-0.05, 0) is 82.1 Å². The molecule has 12 heteroatoms. The average Bonchev–Trinajstić information content (AvgIpc) is 2.92. The van der Waals surface area contributed by atoms with Crippen LogP contribution >= 0.6 is 23.4 Å². The SMILES string of the molecule is CCOC(=O)C1CCCN(CCCC(O)CSc2c(-c3cc(Cl)ccc3O)c3cc(C(F)(F)F)ccc3[nH]c2=O)C1. The number of halogens is 4. The molecule has 0 spiro atoms. The number of aliphatic hydroxyl groups excluding tert-OH is 1. The summed E-state index contributed by atoms with van der Waals surface area (Å²) in [5.74, 6) is -0.474. The molecule has 0 aliphatic carbocycles. The third-order valence-corrected chi connectivity index (χ3v) is 8.55. The summed E-state index contributed by atoms with van der Waals surface area (Å²) in [5.41, 5.74) is -1.05. The van der Waals surface area contributed by atoms with E-state index in [9.17, 15) is 33.0 Å². The number of hydrogen-bond donors (Lipinski definition) is 3. The quantitative estimate of drug-likeness (QED) is 0.188. The molecule has 222 valence electrons. The number of esters is 1. The number of nitrogens with zero attached hydrogens (tertiary/aromatic N) is 1. The van der Waals surface area contributed by atoms with Gasteiger partial charge in [0.25, 0.3) is 5.56 Å². The van der Waals surface area contributed by atoms with Crippen molar-refractivity contribution in [1.82, 2.24) is 9.88 Å². The van der Waals surface area contributed by atoms with E-state index >= 15 is 0 Å². The lowest BCUT2D eigenvalue weighted by Gasteiger charge is -2.31. The Morgan fingerprint density at radius 2 is 2.05 bits per heavy atom. The number of pyridine rings is 1. The molecule has 41 heavy (non-hydrogen) atoms. The summed E-state index contributed by atoms with van der Waals surface area (Å²) in [4.78, 5) is 30.1. The number of fused-ring (bicyclic) bond motifs is 1. The first-order valence-electron chi connectivity index (χ1n) is 13.4. The van der Waals surface area contributed by atoms with Crippen molar-refractivity contribution >= 4 is 40.2 Å². The van der Waals surface area contributed by atoms with Crippen molar-refractivity contribution in [2.45, 2.75) is 49.8 Å². The van der Waals surface area contributed by atoms with E-state index in [-0.39, 0.29) is 55.3 Å². The van der Waals surface area contributed by atoms with Crippen LogP contribution in [0.3, 0.4) is 0 Å². The van der Waals surface area contributed by atoms with Crippen molar-refractivity contribution in [1.29, 1.82) is 0 Å². The van der Waals surface area contributed by atoms with Gasteiger partial charge in [0.2, 0.25) is 0 Å². The van der Waals surface area contributed by atoms with Gasteiger partial charge in [0.05, 0.1) is 29.1 Å². The number of phenols is 1. The third kappa shape index (κ3) is 7.77. The molecule has 1 saturated heterocycles. The lowest BCUT2D eigenvalue weighted by Crippen LogP contribution is -2.40. The maximum atomic E-state index is 13.6. The van der Waals surface area contributed by atoms with Crippen molar-refractivity contribution < 1.29 is 32.9 Å². The minimum atomic E-state index is -4.62. The number of aromatic amines is 1. The number of nitrogens with one attached hydrogen (secondary N) is 1. The molecule has 4 rings (SSSR count). The number of phenolic OH excluding ortho intramolecular Hbond substituents is 1. The number of aliphatic hydroxyl groups is 1. The Labute approximate surface area is 244 Å². The molecule has 0 saturated carbocycles. The first kappa shape index (κ1) is 31.2. The minimum Gasteiger partial charge on any atom is -0.507 e. The number of rotatable bonds is 10. The first-order chi connectivity index (χ1) is 19.5. The topological polar surface area (TPSA) is 103 Å². The van der Waals surface area contributed by atoms with Gasteiger partial charge in [0.15, 0.2) is 0 Å². The van der Waals surface area contributed by atoms with E-state index in [0.29, 0.717) is 32.5 Å². The number of ether oxygens (including phenoxy) is 1. The molecule has 1 aromatic heterocycles. The van der Waals surface area contributed by atoms with Gasteiger partial charge in [-0.15, -0.1) is 11.8 Å². The van der Waals surface area contributed by atoms with E-state index in [4.69, 9.17) is 16.3 Å². The Morgan fingerprint density at radius 1 is 1.27 bits per heavy atom. The maximum Gasteiger partial charge on any atom is 0.416 e. The Morgan fingerprint density at radius 3 is 2.78 bits per heavy atom. The van der Waals surface area contributed by atoms with Gasteiger partial charge >= 0.3 is 12.1 Å². The molecule has 2 unspecified atom stereocenters. The molecule has 1 fully saturated rings. The zero-order chi connectivity index (χ0) is 29.7. The van der Waals surface area contributed by atoms with E-state index in [1.165, 1.54) is 24.3 Å². The van der Waals surface area contributed by atoms with Crippen LogP contribution < -0.4 is 5.56 Å². The summed E-state index contributed by atoms with van der Waals surface area (Å²) >= 11 is 7.16. The predicted molar refractivity (Wildman–Crippen MR) is 153 cm³/mol. The van der Waals surface area contributed by atoms with Crippen LogP contribution in [0.2, 0.25) is 5.02 Å². The average molecular weight is 613 g/mol.